The van der Waals surface area contributed by atoms with Crippen molar-refractivity contribution < 1.29 is 14.4 Å². The van der Waals surface area contributed by atoms with Gasteiger partial charge < -0.3 is 9.88 Å². The summed E-state index contributed by atoms with van der Waals surface area (Å²) in [7, 11) is 0. The predicted molar refractivity (Wildman–Crippen MR) is 115 cm³/mol. The summed E-state index contributed by atoms with van der Waals surface area (Å²) in [5, 5.41) is 2.83. The van der Waals surface area contributed by atoms with Crippen molar-refractivity contribution in [2.45, 2.75) is 65.5 Å². The first-order chi connectivity index (χ1) is 14.3. The Balaban J connectivity index is 1.58. The molecule has 1 saturated heterocycles. The number of Topliss-reactive ketones (excluding diaryl/α,β-unsaturated/α-hetero) is 1. The Morgan fingerprint density at radius 3 is 2.60 bits per heavy atom. The third-order valence-electron chi connectivity index (χ3n) is 6.57. The van der Waals surface area contributed by atoms with Crippen LogP contribution in [0.5, 0.6) is 0 Å². The molecule has 4 rings (SSSR count). The summed E-state index contributed by atoms with van der Waals surface area (Å²) in [4.78, 5) is 40.0. The zero-order valence-electron chi connectivity index (χ0n) is 18.2. The summed E-state index contributed by atoms with van der Waals surface area (Å²) >= 11 is 0. The molecule has 1 fully saturated rings. The van der Waals surface area contributed by atoms with E-state index in [4.69, 9.17) is 0 Å². The van der Waals surface area contributed by atoms with Gasteiger partial charge in [-0.1, -0.05) is 25.1 Å². The fourth-order valence-corrected chi connectivity index (χ4v) is 4.80. The zero-order chi connectivity index (χ0) is 21.6. The van der Waals surface area contributed by atoms with Crippen LogP contribution in [-0.4, -0.2) is 33.7 Å². The maximum absolute atomic E-state index is 13.2. The number of fused-ring (bicyclic) bond motifs is 1. The Kier molecular flexibility index (Phi) is 5.04. The molecule has 158 valence electrons. The molecule has 30 heavy (non-hydrogen) atoms. The van der Waals surface area contributed by atoms with Crippen molar-refractivity contribution in [2.75, 3.05) is 6.54 Å². The number of carbonyl (C=O) groups is 3. The standard InChI is InChI=1S/C24H29N3O3/c1-5-11-26-15(2)12-20(16(26)3)21(28)14-27-22(29)24(4,25-23(27)30)19-10-9-17-7-6-8-18(17)13-19/h9-10,12-13H,5-8,11,14H2,1-4H3,(H,25,30)/t24-/m0/s1. The Morgan fingerprint density at radius 2 is 1.87 bits per heavy atom. The molecule has 1 aromatic heterocycles. The van der Waals surface area contributed by atoms with Crippen molar-refractivity contribution in [3.8, 4) is 0 Å². The van der Waals surface area contributed by atoms with Crippen LogP contribution in [0, 0.1) is 13.8 Å². The summed E-state index contributed by atoms with van der Waals surface area (Å²) in [6.45, 7) is 8.29. The van der Waals surface area contributed by atoms with E-state index in [1.807, 2.05) is 32.0 Å². The number of carbonyl (C=O) groups excluding carboxylic acids is 3. The number of aromatic nitrogens is 1. The van der Waals surface area contributed by atoms with Crippen molar-refractivity contribution in [3.05, 3.63) is 57.9 Å². The molecule has 6 nitrogen and oxygen atoms in total. The van der Waals surface area contributed by atoms with Gasteiger partial charge in [0.15, 0.2) is 5.78 Å². The second kappa shape index (κ2) is 7.42. The molecule has 1 aliphatic carbocycles. The van der Waals surface area contributed by atoms with Gasteiger partial charge in [0.05, 0.1) is 6.54 Å². The zero-order valence-corrected chi connectivity index (χ0v) is 18.2. The third-order valence-corrected chi connectivity index (χ3v) is 6.57. The van der Waals surface area contributed by atoms with Gasteiger partial charge in [0.25, 0.3) is 5.91 Å². The van der Waals surface area contributed by atoms with Crippen LogP contribution in [0.1, 0.15) is 65.1 Å². The first-order valence-electron chi connectivity index (χ1n) is 10.7. The molecule has 0 unspecified atom stereocenters. The van der Waals surface area contributed by atoms with E-state index >= 15 is 0 Å². The van der Waals surface area contributed by atoms with E-state index < -0.39 is 11.6 Å². The minimum Gasteiger partial charge on any atom is -0.348 e. The summed E-state index contributed by atoms with van der Waals surface area (Å²) in [5.41, 5.74) is 4.66. The highest BCUT2D eigenvalue weighted by atomic mass is 16.2. The highest BCUT2D eigenvalue weighted by Gasteiger charge is 2.49. The minimum atomic E-state index is -1.14. The number of nitrogens with one attached hydrogen (secondary N) is 1. The lowest BCUT2D eigenvalue weighted by atomic mass is 9.89. The molecular formula is C24H29N3O3. The van der Waals surface area contributed by atoms with Crippen LogP contribution in [0.15, 0.2) is 24.3 Å². The van der Waals surface area contributed by atoms with Crippen molar-refractivity contribution in [1.29, 1.82) is 0 Å². The summed E-state index contributed by atoms with van der Waals surface area (Å²) in [6, 6.07) is 7.35. The molecule has 2 aliphatic rings. The number of amides is 3. The van der Waals surface area contributed by atoms with Crippen LogP contribution < -0.4 is 5.32 Å². The molecule has 0 bridgehead atoms. The van der Waals surface area contributed by atoms with Gasteiger partial charge >= 0.3 is 6.03 Å². The van der Waals surface area contributed by atoms with E-state index in [1.54, 1.807) is 6.92 Å². The molecule has 0 radical (unpaired) electrons. The topological polar surface area (TPSA) is 71.4 Å². The van der Waals surface area contributed by atoms with Crippen molar-refractivity contribution in [3.63, 3.8) is 0 Å². The average molecular weight is 408 g/mol. The molecule has 6 heteroatoms. The summed E-state index contributed by atoms with van der Waals surface area (Å²) < 4.78 is 2.10. The monoisotopic (exact) mass is 407 g/mol. The SMILES string of the molecule is CCCn1c(C)cc(C(=O)CN2C(=O)N[C@@](C)(c3ccc4c(c3)CCC4)C2=O)c1C. The number of aryl methyl sites for hydroxylation is 3. The lowest BCUT2D eigenvalue weighted by Crippen LogP contribution is -2.41. The largest absolute Gasteiger partial charge is 0.348 e. The number of hydrogen-bond donors (Lipinski definition) is 1. The Labute approximate surface area is 177 Å². The van der Waals surface area contributed by atoms with E-state index in [-0.39, 0.29) is 18.2 Å². The van der Waals surface area contributed by atoms with Gasteiger partial charge in [-0.25, -0.2) is 4.79 Å². The molecule has 1 atom stereocenters. The van der Waals surface area contributed by atoms with Crippen LogP contribution in [0.2, 0.25) is 0 Å². The van der Waals surface area contributed by atoms with Crippen LogP contribution in [0.25, 0.3) is 0 Å². The Morgan fingerprint density at radius 1 is 1.13 bits per heavy atom. The van der Waals surface area contributed by atoms with Gasteiger partial charge in [-0.3, -0.25) is 14.5 Å². The number of imide groups is 1. The second-order valence-corrected chi connectivity index (χ2v) is 8.64. The second-order valence-electron chi connectivity index (χ2n) is 8.64. The summed E-state index contributed by atoms with van der Waals surface area (Å²) in [6.07, 6.45) is 4.14. The van der Waals surface area contributed by atoms with E-state index in [0.29, 0.717) is 5.56 Å². The lowest BCUT2D eigenvalue weighted by Gasteiger charge is -2.23. The first-order valence-corrected chi connectivity index (χ1v) is 10.7. The molecule has 3 amide bonds. The van der Waals surface area contributed by atoms with Gasteiger partial charge in [-0.15, -0.1) is 0 Å². The summed E-state index contributed by atoms with van der Waals surface area (Å²) in [5.74, 6) is -0.590. The highest BCUT2D eigenvalue weighted by molar-refractivity contribution is 6.11. The van der Waals surface area contributed by atoms with Crippen LogP contribution in [0.3, 0.4) is 0 Å². The van der Waals surface area contributed by atoms with Gasteiger partial charge in [0.2, 0.25) is 0 Å². The molecule has 0 spiro atoms. The average Bonchev–Trinajstić information content (AvgIpc) is 3.35. The molecule has 2 heterocycles. The van der Waals surface area contributed by atoms with Gasteiger partial charge in [-0.2, -0.15) is 0 Å². The number of ketones is 1. The van der Waals surface area contributed by atoms with Gasteiger partial charge in [0.1, 0.15) is 5.54 Å². The van der Waals surface area contributed by atoms with Crippen molar-refractivity contribution in [1.82, 2.24) is 14.8 Å². The van der Waals surface area contributed by atoms with E-state index in [9.17, 15) is 14.4 Å². The number of nitrogens with zero attached hydrogens (tertiary/aromatic N) is 2. The fraction of sp³-hybridized carbons (Fsp3) is 0.458. The fourth-order valence-electron chi connectivity index (χ4n) is 4.80. The quantitative estimate of drug-likeness (QED) is 0.587. The molecule has 1 N–H and O–H groups in total. The number of hydrogen-bond acceptors (Lipinski definition) is 3. The number of urea groups is 1. The van der Waals surface area contributed by atoms with Crippen molar-refractivity contribution >= 4 is 17.7 Å². The van der Waals surface area contributed by atoms with Crippen molar-refractivity contribution in [2.24, 2.45) is 0 Å². The maximum Gasteiger partial charge on any atom is 0.325 e. The molecular weight excluding hydrogens is 378 g/mol. The first kappa shape index (κ1) is 20.4. The van der Waals surface area contributed by atoms with E-state index in [0.717, 1.165) is 54.1 Å². The van der Waals surface area contributed by atoms with E-state index in [2.05, 4.69) is 22.9 Å². The van der Waals surface area contributed by atoms with E-state index in [1.165, 1.54) is 11.1 Å². The Bertz CT molecular complexity index is 1050. The van der Waals surface area contributed by atoms with Crippen LogP contribution in [-0.2, 0) is 29.7 Å². The normalized spacial score (nSPS) is 20.6. The minimum absolute atomic E-state index is 0.216. The molecule has 0 saturated carbocycles. The Hall–Kier alpha value is -2.89. The number of rotatable bonds is 6. The predicted octanol–water partition coefficient (Wildman–Crippen LogP) is 3.65. The molecule has 1 aromatic carbocycles. The van der Waals surface area contributed by atoms with Crippen LogP contribution in [0.4, 0.5) is 4.79 Å². The molecule has 1 aliphatic heterocycles. The smallest absolute Gasteiger partial charge is 0.325 e. The van der Waals surface area contributed by atoms with Gasteiger partial charge in [0, 0.05) is 23.5 Å². The maximum atomic E-state index is 13.2. The molecule has 2 aromatic rings. The van der Waals surface area contributed by atoms with Gasteiger partial charge in [-0.05, 0) is 69.2 Å². The third kappa shape index (κ3) is 3.15. The highest BCUT2D eigenvalue weighted by Crippen LogP contribution is 2.32. The lowest BCUT2D eigenvalue weighted by molar-refractivity contribution is -0.130. The number of benzene rings is 1. The van der Waals surface area contributed by atoms with Crippen LogP contribution >= 0.6 is 0 Å².